The van der Waals surface area contributed by atoms with Gasteiger partial charge in [0.25, 0.3) is 0 Å². The van der Waals surface area contributed by atoms with Crippen LogP contribution in [0.4, 0.5) is 8.78 Å². The van der Waals surface area contributed by atoms with E-state index in [1.165, 1.54) is 25.2 Å². The van der Waals surface area contributed by atoms with Gasteiger partial charge in [0.15, 0.2) is 11.6 Å². The molecule has 3 heterocycles. The number of hydrogen-bond acceptors (Lipinski definition) is 7. The molecule has 40 heavy (non-hydrogen) atoms. The number of hydrogen-bond donors (Lipinski definition) is 1. The SMILES string of the molecule is COCN(C(=O)CCCN1CCC(c2ccccn2)CC1)C1=C(C(=O)OC)C(c2ccc(F)c(F)c2)NC(=O)C1. The van der Waals surface area contributed by atoms with Crippen molar-refractivity contribution in [3.63, 3.8) is 0 Å². The van der Waals surface area contributed by atoms with E-state index in [0.29, 0.717) is 12.3 Å². The molecule has 1 unspecified atom stereocenters. The molecule has 2 aliphatic rings. The van der Waals surface area contributed by atoms with Crippen LogP contribution in [0.1, 0.15) is 55.3 Å². The maximum absolute atomic E-state index is 14.0. The van der Waals surface area contributed by atoms with E-state index in [1.807, 2.05) is 18.3 Å². The van der Waals surface area contributed by atoms with Crippen molar-refractivity contribution in [2.45, 2.75) is 44.1 Å². The van der Waals surface area contributed by atoms with Gasteiger partial charge in [0.2, 0.25) is 11.8 Å². The van der Waals surface area contributed by atoms with Crippen molar-refractivity contribution in [3.05, 3.63) is 76.8 Å². The average molecular weight is 557 g/mol. The minimum Gasteiger partial charge on any atom is -0.466 e. The first kappa shape index (κ1) is 29.3. The van der Waals surface area contributed by atoms with Crippen LogP contribution in [0.25, 0.3) is 0 Å². The van der Waals surface area contributed by atoms with Crippen LogP contribution in [0.2, 0.25) is 0 Å². The van der Waals surface area contributed by atoms with Gasteiger partial charge in [-0.15, -0.1) is 0 Å². The summed E-state index contributed by atoms with van der Waals surface area (Å²) >= 11 is 0. The van der Waals surface area contributed by atoms with Crippen LogP contribution in [-0.4, -0.2) is 73.2 Å². The number of aromatic nitrogens is 1. The Labute approximate surface area is 232 Å². The standard InChI is InChI=1S/C29H34F2N4O5/c1-39-18-35(26(37)7-5-13-34-14-10-19(11-15-34)23-6-3-4-12-32-23)24-17-25(36)33-28(27(24)29(38)40-2)20-8-9-21(30)22(31)16-20/h3-4,6,8-9,12,16,19,28H,5,7,10-11,13-15,17-18H2,1-2H3,(H,33,36). The second kappa shape index (κ2) is 13.6. The number of halogens is 2. The van der Waals surface area contributed by atoms with E-state index in [9.17, 15) is 23.2 Å². The van der Waals surface area contributed by atoms with E-state index in [-0.39, 0.29) is 42.3 Å². The summed E-state index contributed by atoms with van der Waals surface area (Å²) in [6.45, 7) is 2.35. The Balaban J connectivity index is 1.47. The van der Waals surface area contributed by atoms with Crippen molar-refractivity contribution in [2.24, 2.45) is 0 Å². The van der Waals surface area contributed by atoms with E-state index in [2.05, 4.69) is 21.3 Å². The van der Waals surface area contributed by atoms with Crippen LogP contribution in [-0.2, 0) is 23.9 Å². The van der Waals surface area contributed by atoms with Crippen LogP contribution >= 0.6 is 0 Å². The predicted molar refractivity (Wildman–Crippen MR) is 142 cm³/mol. The number of nitrogens with one attached hydrogen (secondary N) is 1. The highest BCUT2D eigenvalue weighted by atomic mass is 19.2. The van der Waals surface area contributed by atoms with Gasteiger partial charge in [0.1, 0.15) is 6.73 Å². The Morgan fingerprint density at radius 3 is 2.55 bits per heavy atom. The molecule has 1 atom stereocenters. The molecule has 1 N–H and O–H groups in total. The number of carbonyl (C=O) groups is 3. The summed E-state index contributed by atoms with van der Waals surface area (Å²) < 4.78 is 37.8. The molecule has 0 spiro atoms. The summed E-state index contributed by atoms with van der Waals surface area (Å²) in [7, 11) is 2.57. The molecule has 0 radical (unpaired) electrons. The predicted octanol–water partition coefficient (Wildman–Crippen LogP) is 3.44. The average Bonchev–Trinajstić information content (AvgIpc) is 2.97. The number of nitrogens with zero attached hydrogens (tertiary/aromatic N) is 3. The number of likely N-dealkylation sites (tertiary alicyclic amines) is 1. The molecule has 0 saturated carbocycles. The number of amides is 2. The van der Waals surface area contributed by atoms with Crippen molar-refractivity contribution >= 4 is 17.8 Å². The van der Waals surface area contributed by atoms with E-state index >= 15 is 0 Å². The highest BCUT2D eigenvalue weighted by Gasteiger charge is 2.37. The molecule has 2 amide bonds. The Morgan fingerprint density at radius 2 is 1.90 bits per heavy atom. The number of benzene rings is 1. The molecule has 0 bridgehead atoms. The lowest BCUT2D eigenvalue weighted by molar-refractivity contribution is -0.138. The fourth-order valence-corrected chi connectivity index (χ4v) is 5.31. The maximum Gasteiger partial charge on any atom is 0.338 e. The number of piperidine rings is 1. The van der Waals surface area contributed by atoms with Gasteiger partial charge >= 0.3 is 5.97 Å². The van der Waals surface area contributed by atoms with Crippen molar-refractivity contribution in [2.75, 3.05) is 40.6 Å². The molecule has 1 aromatic carbocycles. The summed E-state index contributed by atoms with van der Waals surface area (Å²) in [5, 5.41) is 2.64. The first-order chi connectivity index (χ1) is 19.3. The number of carbonyl (C=O) groups excluding carboxylic acids is 3. The van der Waals surface area contributed by atoms with Crippen LogP contribution in [0.3, 0.4) is 0 Å². The molecule has 9 nitrogen and oxygen atoms in total. The summed E-state index contributed by atoms with van der Waals surface area (Å²) in [4.78, 5) is 47.1. The van der Waals surface area contributed by atoms with Crippen LogP contribution in [0, 0.1) is 11.6 Å². The monoisotopic (exact) mass is 556 g/mol. The van der Waals surface area contributed by atoms with E-state index in [4.69, 9.17) is 9.47 Å². The van der Waals surface area contributed by atoms with Gasteiger partial charge < -0.3 is 19.7 Å². The van der Waals surface area contributed by atoms with Gasteiger partial charge in [0, 0.05) is 37.0 Å². The van der Waals surface area contributed by atoms with E-state index in [1.54, 1.807) is 0 Å². The largest absolute Gasteiger partial charge is 0.466 e. The Hall–Kier alpha value is -3.70. The van der Waals surface area contributed by atoms with Gasteiger partial charge in [-0.25, -0.2) is 13.6 Å². The number of rotatable bonds is 10. The number of esters is 1. The molecule has 214 valence electrons. The van der Waals surface area contributed by atoms with Gasteiger partial charge in [-0.05, 0) is 68.7 Å². The summed E-state index contributed by atoms with van der Waals surface area (Å²) in [6.07, 6.45) is 4.27. The van der Waals surface area contributed by atoms with Gasteiger partial charge in [0.05, 0.1) is 25.1 Å². The molecular weight excluding hydrogens is 522 g/mol. The molecule has 11 heteroatoms. The zero-order chi connectivity index (χ0) is 28.6. The van der Waals surface area contributed by atoms with Gasteiger partial charge in [-0.3, -0.25) is 19.5 Å². The molecule has 1 fully saturated rings. The summed E-state index contributed by atoms with van der Waals surface area (Å²) in [6, 6.07) is 7.94. The maximum atomic E-state index is 14.0. The highest BCUT2D eigenvalue weighted by Crippen LogP contribution is 2.34. The topological polar surface area (TPSA) is 101 Å². The van der Waals surface area contributed by atoms with E-state index < -0.39 is 29.6 Å². The molecule has 1 aromatic heterocycles. The summed E-state index contributed by atoms with van der Waals surface area (Å²) in [5.74, 6) is -3.36. The third-order valence-electron chi connectivity index (χ3n) is 7.36. The molecule has 2 aliphatic heterocycles. The van der Waals surface area contributed by atoms with Crippen molar-refractivity contribution < 1.29 is 32.6 Å². The minimum absolute atomic E-state index is 0.0323. The third kappa shape index (κ3) is 6.89. The molecule has 1 saturated heterocycles. The lowest BCUT2D eigenvalue weighted by Gasteiger charge is -2.34. The van der Waals surface area contributed by atoms with Crippen LogP contribution in [0.15, 0.2) is 53.9 Å². The lowest BCUT2D eigenvalue weighted by atomic mass is 9.91. The fourth-order valence-electron chi connectivity index (χ4n) is 5.31. The fraction of sp³-hybridized carbons (Fsp3) is 0.448. The van der Waals surface area contributed by atoms with Gasteiger partial charge in [-0.1, -0.05) is 12.1 Å². The number of ether oxygens (including phenoxy) is 2. The van der Waals surface area contributed by atoms with Gasteiger partial charge in [-0.2, -0.15) is 0 Å². The van der Waals surface area contributed by atoms with Crippen LogP contribution in [0.5, 0.6) is 0 Å². The molecule has 4 rings (SSSR count). The minimum atomic E-state index is -1.13. The second-order valence-electron chi connectivity index (χ2n) is 9.92. The van der Waals surface area contributed by atoms with Crippen molar-refractivity contribution in [3.8, 4) is 0 Å². The quantitative estimate of drug-likeness (QED) is 0.354. The second-order valence-corrected chi connectivity index (χ2v) is 9.92. The Bertz CT molecular complexity index is 1250. The highest BCUT2D eigenvalue weighted by molar-refractivity contribution is 5.97. The first-order valence-electron chi connectivity index (χ1n) is 13.3. The Kier molecular flexibility index (Phi) is 9.94. The first-order valence-corrected chi connectivity index (χ1v) is 13.3. The zero-order valence-corrected chi connectivity index (χ0v) is 22.7. The van der Waals surface area contributed by atoms with E-state index in [0.717, 1.165) is 50.3 Å². The zero-order valence-electron chi connectivity index (χ0n) is 22.7. The third-order valence-corrected chi connectivity index (χ3v) is 7.36. The number of methoxy groups -OCH3 is 2. The Morgan fingerprint density at radius 1 is 1.12 bits per heavy atom. The molecule has 2 aromatic rings. The van der Waals surface area contributed by atoms with Crippen molar-refractivity contribution in [1.29, 1.82) is 0 Å². The lowest BCUT2D eigenvalue weighted by Crippen LogP contribution is -2.44. The van der Waals surface area contributed by atoms with Crippen molar-refractivity contribution in [1.82, 2.24) is 20.1 Å². The van der Waals surface area contributed by atoms with Crippen LogP contribution < -0.4 is 5.32 Å². The molecule has 0 aliphatic carbocycles. The smallest absolute Gasteiger partial charge is 0.338 e. The number of pyridine rings is 1. The normalized spacial score (nSPS) is 18.4. The molecular formula is C29H34F2N4O5. The summed E-state index contributed by atoms with van der Waals surface area (Å²) in [5.41, 5.74) is 1.34.